The van der Waals surface area contributed by atoms with E-state index < -0.39 is 22.6 Å². The lowest BCUT2D eigenvalue weighted by atomic mass is 9.91. The summed E-state index contributed by atoms with van der Waals surface area (Å²) in [6, 6.07) is 0. The molecule has 1 heterocycles. The number of ether oxygens (including phenoxy) is 2. The van der Waals surface area contributed by atoms with Crippen LogP contribution in [0.5, 0.6) is 0 Å². The van der Waals surface area contributed by atoms with Gasteiger partial charge in [0.15, 0.2) is 0 Å². The molecule has 1 aliphatic rings. The molecule has 0 radical (unpaired) electrons. The second-order valence-electron chi connectivity index (χ2n) is 7.90. The molecule has 0 atom stereocenters. The fraction of sp³-hybridized carbons (Fsp3) is 0.875. The van der Waals surface area contributed by atoms with E-state index in [9.17, 15) is 9.59 Å². The first kappa shape index (κ1) is 18.7. The third-order valence-corrected chi connectivity index (χ3v) is 3.83. The molecule has 0 bridgehead atoms. The normalized spacial score (nSPS) is 18.9. The van der Waals surface area contributed by atoms with Gasteiger partial charge in [0.05, 0.1) is 17.6 Å². The number of hydrogen-bond acceptors (Lipinski definition) is 4. The van der Waals surface area contributed by atoms with Gasteiger partial charge in [-0.05, 0) is 54.4 Å². The molecule has 22 heavy (non-hydrogen) atoms. The van der Waals surface area contributed by atoms with Crippen molar-refractivity contribution >= 4 is 12.1 Å². The number of nitrogens with zero attached hydrogens (tertiary/aromatic N) is 1. The van der Waals surface area contributed by atoms with Crippen molar-refractivity contribution in [3.8, 4) is 0 Å². The largest absolute Gasteiger partial charge is 0.481 e. The van der Waals surface area contributed by atoms with E-state index in [4.69, 9.17) is 14.6 Å². The van der Waals surface area contributed by atoms with E-state index in [-0.39, 0.29) is 12.7 Å². The molecular formula is C16H29NO5. The molecule has 1 N–H and O–H groups in total. The van der Waals surface area contributed by atoms with Gasteiger partial charge in [-0.25, -0.2) is 4.79 Å². The van der Waals surface area contributed by atoms with Crippen LogP contribution in [0.15, 0.2) is 0 Å². The average molecular weight is 315 g/mol. The molecule has 0 aromatic carbocycles. The number of carboxylic acid groups (broad SMARTS) is 1. The third-order valence-electron chi connectivity index (χ3n) is 3.83. The quantitative estimate of drug-likeness (QED) is 0.863. The van der Waals surface area contributed by atoms with Crippen LogP contribution in [0.1, 0.15) is 54.4 Å². The van der Waals surface area contributed by atoms with Gasteiger partial charge >= 0.3 is 12.1 Å². The van der Waals surface area contributed by atoms with Gasteiger partial charge in [0.25, 0.3) is 0 Å². The lowest BCUT2D eigenvalue weighted by Crippen LogP contribution is -2.49. The van der Waals surface area contributed by atoms with E-state index in [0.29, 0.717) is 25.9 Å². The average Bonchev–Trinajstić information content (AvgIpc) is 2.35. The molecule has 0 aliphatic carbocycles. The van der Waals surface area contributed by atoms with Crippen LogP contribution in [-0.4, -0.2) is 53.0 Å². The number of carbonyl (C=O) groups is 2. The van der Waals surface area contributed by atoms with Gasteiger partial charge in [0, 0.05) is 13.1 Å². The summed E-state index contributed by atoms with van der Waals surface area (Å²) < 4.78 is 11.2. The first-order valence-corrected chi connectivity index (χ1v) is 7.70. The molecule has 6 nitrogen and oxygen atoms in total. The van der Waals surface area contributed by atoms with Crippen LogP contribution in [-0.2, 0) is 14.3 Å². The monoisotopic (exact) mass is 315 g/mol. The van der Waals surface area contributed by atoms with Crippen LogP contribution in [0, 0.1) is 5.41 Å². The Labute approximate surface area is 132 Å². The Kier molecular flexibility index (Phi) is 5.49. The molecule has 0 aromatic rings. The predicted molar refractivity (Wildman–Crippen MR) is 82.8 cm³/mol. The highest BCUT2D eigenvalue weighted by Crippen LogP contribution is 2.29. The van der Waals surface area contributed by atoms with Crippen molar-refractivity contribution in [1.29, 1.82) is 0 Å². The molecule has 1 rings (SSSR count). The molecule has 1 aliphatic heterocycles. The van der Waals surface area contributed by atoms with Gasteiger partial charge in [0.1, 0.15) is 5.60 Å². The fourth-order valence-electron chi connectivity index (χ4n) is 2.05. The van der Waals surface area contributed by atoms with Gasteiger partial charge in [-0.2, -0.15) is 0 Å². The summed E-state index contributed by atoms with van der Waals surface area (Å²) in [6.07, 6.45) is 1.03. The number of amides is 1. The van der Waals surface area contributed by atoms with Crippen molar-refractivity contribution in [3.05, 3.63) is 0 Å². The van der Waals surface area contributed by atoms with Crippen LogP contribution in [0.2, 0.25) is 0 Å². The van der Waals surface area contributed by atoms with Crippen LogP contribution in [0.3, 0.4) is 0 Å². The highest BCUT2D eigenvalue weighted by molar-refractivity contribution is 5.73. The van der Waals surface area contributed by atoms with Crippen LogP contribution >= 0.6 is 0 Å². The maximum absolute atomic E-state index is 12.0. The molecule has 1 fully saturated rings. The van der Waals surface area contributed by atoms with E-state index in [1.54, 1.807) is 18.7 Å². The Morgan fingerprint density at radius 3 is 2.05 bits per heavy atom. The highest BCUT2D eigenvalue weighted by atomic mass is 16.6. The van der Waals surface area contributed by atoms with Crippen molar-refractivity contribution in [2.24, 2.45) is 5.41 Å². The molecule has 1 amide bonds. The summed E-state index contributed by atoms with van der Waals surface area (Å²) in [6.45, 7) is 12.1. The number of carbonyl (C=O) groups excluding carboxylic acids is 1. The third kappa shape index (κ3) is 5.48. The smallest absolute Gasteiger partial charge is 0.410 e. The summed E-state index contributed by atoms with van der Waals surface area (Å²) in [5, 5.41) is 9.13. The van der Waals surface area contributed by atoms with Gasteiger partial charge < -0.3 is 19.5 Å². The second kappa shape index (κ2) is 6.44. The van der Waals surface area contributed by atoms with Crippen molar-refractivity contribution in [3.63, 3.8) is 0 Å². The maximum Gasteiger partial charge on any atom is 0.410 e. The summed E-state index contributed by atoms with van der Waals surface area (Å²) >= 11 is 0. The molecule has 0 saturated carbocycles. The van der Waals surface area contributed by atoms with Crippen LogP contribution in [0.25, 0.3) is 0 Å². The van der Waals surface area contributed by atoms with Gasteiger partial charge in [0.2, 0.25) is 0 Å². The van der Waals surface area contributed by atoms with Crippen molar-refractivity contribution < 1.29 is 24.2 Å². The Bertz CT molecular complexity index is 417. The van der Waals surface area contributed by atoms with E-state index >= 15 is 0 Å². The highest BCUT2D eigenvalue weighted by Gasteiger charge is 2.37. The number of piperidine rings is 1. The Morgan fingerprint density at radius 1 is 1.14 bits per heavy atom. The number of carboxylic acids is 1. The van der Waals surface area contributed by atoms with Gasteiger partial charge in [-0.15, -0.1) is 0 Å². The minimum Gasteiger partial charge on any atom is -0.481 e. The van der Waals surface area contributed by atoms with E-state index in [1.165, 1.54) is 0 Å². The van der Waals surface area contributed by atoms with E-state index in [2.05, 4.69) is 0 Å². The number of aliphatic carboxylic acids is 1. The Balaban J connectivity index is 2.50. The molecule has 0 aromatic heterocycles. The summed E-state index contributed by atoms with van der Waals surface area (Å²) in [4.78, 5) is 24.8. The summed E-state index contributed by atoms with van der Waals surface area (Å²) in [5.74, 6) is -0.873. The SMILES string of the molecule is CC(C)(C)OC(=O)N1CCC(C)(OCC(C)(C)C(=O)O)CC1. The van der Waals surface area contributed by atoms with Crippen LogP contribution in [0.4, 0.5) is 4.79 Å². The summed E-state index contributed by atoms with van der Waals surface area (Å²) in [5.41, 5.74) is -1.81. The second-order valence-corrected chi connectivity index (χ2v) is 7.90. The molecule has 1 saturated heterocycles. The first-order valence-electron chi connectivity index (χ1n) is 7.70. The van der Waals surface area contributed by atoms with E-state index in [0.717, 1.165) is 0 Å². The molecule has 128 valence electrons. The Morgan fingerprint density at radius 2 is 1.64 bits per heavy atom. The zero-order valence-electron chi connectivity index (χ0n) is 14.6. The minimum atomic E-state index is -0.911. The van der Waals surface area contributed by atoms with Gasteiger partial charge in [-0.1, -0.05) is 0 Å². The van der Waals surface area contributed by atoms with Crippen molar-refractivity contribution in [2.75, 3.05) is 19.7 Å². The van der Waals surface area contributed by atoms with Crippen molar-refractivity contribution in [1.82, 2.24) is 4.90 Å². The van der Waals surface area contributed by atoms with Crippen LogP contribution < -0.4 is 0 Å². The lowest BCUT2D eigenvalue weighted by Gasteiger charge is -2.40. The Hall–Kier alpha value is -1.30. The summed E-state index contributed by atoms with van der Waals surface area (Å²) in [7, 11) is 0. The predicted octanol–water partition coefficient (Wildman–Crippen LogP) is 2.90. The first-order chi connectivity index (χ1) is 9.85. The molecular weight excluding hydrogens is 286 g/mol. The number of rotatable bonds is 4. The number of likely N-dealkylation sites (tertiary alicyclic amines) is 1. The minimum absolute atomic E-state index is 0.158. The molecule has 6 heteroatoms. The zero-order chi connectivity index (χ0) is 17.2. The maximum atomic E-state index is 12.0. The fourth-order valence-corrected chi connectivity index (χ4v) is 2.05. The lowest BCUT2D eigenvalue weighted by molar-refractivity contribution is -0.157. The standard InChI is InChI=1S/C16H29NO5/c1-14(2,3)22-13(20)17-9-7-16(6,8-10-17)21-11-15(4,5)12(18)19/h7-11H2,1-6H3,(H,18,19). The van der Waals surface area contributed by atoms with Crippen molar-refractivity contribution in [2.45, 2.75) is 65.6 Å². The zero-order valence-corrected chi connectivity index (χ0v) is 14.6. The topological polar surface area (TPSA) is 76.1 Å². The van der Waals surface area contributed by atoms with Gasteiger partial charge in [-0.3, -0.25) is 4.79 Å². The van der Waals surface area contributed by atoms with E-state index in [1.807, 2.05) is 27.7 Å². The molecule has 0 spiro atoms. The molecule has 0 unspecified atom stereocenters. The number of hydrogen-bond donors (Lipinski definition) is 1.